The number of amides is 1. The number of hydrogen-bond acceptors (Lipinski definition) is 4. The third-order valence-corrected chi connectivity index (χ3v) is 2.58. The van der Waals surface area contributed by atoms with E-state index < -0.39 is 23.7 Å². The van der Waals surface area contributed by atoms with Crippen LogP contribution in [0.1, 0.15) is 52.1 Å². The van der Waals surface area contributed by atoms with Gasteiger partial charge in [-0.3, -0.25) is 9.48 Å². The SMILES string of the molecule is CCCn1cc([C@@H](CC(=O)O)NC(=O)OC(C)(C)C)cn1. The Kier molecular flexibility index (Phi) is 5.75. The van der Waals surface area contributed by atoms with Gasteiger partial charge in [-0.25, -0.2) is 4.79 Å². The number of ether oxygens (including phenoxy) is 1. The number of rotatable bonds is 6. The van der Waals surface area contributed by atoms with Crippen LogP contribution in [-0.2, 0) is 16.1 Å². The molecule has 7 heteroatoms. The quantitative estimate of drug-likeness (QED) is 0.840. The van der Waals surface area contributed by atoms with E-state index in [1.54, 1.807) is 37.8 Å². The lowest BCUT2D eigenvalue weighted by Gasteiger charge is -2.22. The van der Waals surface area contributed by atoms with Gasteiger partial charge in [0.2, 0.25) is 0 Å². The molecule has 1 heterocycles. The van der Waals surface area contributed by atoms with Crippen molar-refractivity contribution in [2.45, 2.75) is 58.7 Å². The first kappa shape index (κ1) is 17.0. The zero-order chi connectivity index (χ0) is 16.0. The maximum Gasteiger partial charge on any atom is 0.408 e. The van der Waals surface area contributed by atoms with Gasteiger partial charge < -0.3 is 15.2 Å². The van der Waals surface area contributed by atoms with Gasteiger partial charge >= 0.3 is 12.1 Å². The molecule has 1 aromatic heterocycles. The van der Waals surface area contributed by atoms with Gasteiger partial charge in [0.25, 0.3) is 0 Å². The fourth-order valence-electron chi connectivity index (χ4n) is 1.79. The number of carboxylic acids is 1. The highest BCUT2D eigenvalue weighted by Crippen LogP contribution is 2.18. The number of carboxylic acid groups (broad SMARTS) is 1. The molecule has 1 aromatic rings. The highest BCUT2D eigenvalue weighted by molar-refractivity contribution is 5.72. The Morgan fingerprint density at radius 3 is 2.67 bits per heavy atom. The minimum Gasteiger partial charge on any atom is -0.481 e. The van der Waals surface area contributed by atoms with Crippen molar-refractivity contribution in [2.75, 3.05) is 0 Å². The highest BCUT2D eigenvalue weighted by atomic mass is 16.6. The molecule has 0 saturated carbocycles. The zero-order valence-corrected chi connectivity index (χ0v) is 12.9. The van der Waals surface area contributed by atoms with Gasteiger partial charge in [-0.2, -0.15) is 5.10 Å². The highest BCUT2D eigenvalue weighted by Gasteiger charge is 2.23. The van der Waals surface area contributed by atoms with Crippen molar-refractivity contribution in [1.29, 1.82) is 0 Å². The molecule has 0 aliphatic carbocycles. The maximum atomic E-state index is 11.8. The number of aliphatic carboxylic acids is 1. The number of carbonyl (C=O) groups excluding carboxylic acids is 1. The molecular formula is C14H23N3O4. The Bertz CT molecular complexity index is 491. The smallest absolute Gasteiger partial charge is 0.408 e. The van der Waals surface area contributed by atoms with Crippen LogP contribution in [0.5, 0.6) is 0 Å². The van der Waals surface area contributed by atoms with Gasteiger partial charge in [0.15, 0.2) is 0 Å². The summed E-state index contributed by atoms with van der Waals surface area (Å²) in [4.78, 5) is 22.8. The fraction of sp³-hybridized carbons (Fsp3) is 0.643. The molecule has 0 aromatic carbocycles. The molecule has 21 heavy (non-hydrogen) atoms. The minimum absolute atomic E-state index is 0.225. The maximum absolute atomic E-state index is 11.8. The summed E-state index contributed by atoms with van der Waals surface area (Å²) in [6, 6.07) is -0.664. The first-order chi connectivity index (χ1) is 9.71. The average Bonchev–Trinajstić information content (AvgIpc) is 2.74. The van der Waals surface area contributed by atoms with Crippen molar-refractivity contribution in [3.63, 3.8) is 0 Å². The van der Waals surface area contributed by atoms with E-state index >= 15 is 0 Å². The Labute approximate surface area is 124 Å². The fourth-order valence-corrected chi connectivity index (χ4v) is 1.79. The molecule has 7 nitrogen and oxygen atoms in total. The Morgan fingerprint density at radius 1 is 1.48 bits per heavy atom. The predicted molar refractivity (Wildman–Crippen MR) is 76.9 cm³/mol. The summed E-state index contributed by atoms with van der Waals surface area (Å²) in [5.41, 5.74) is 0.0151. The van der Waals surface area contributed by atoms with E-state index in [1.807, 2.05) is 6.92 Å². The number of alkyl carbamates (subject to hydrolysis) is 1. The topological polar surface area (TPSA) is 93.5 Å². The molecule has 0 bridgehead atoms. The lowest BCUT2D eigenvalue weighted by Crippen LogP contribution is -2.35. The van der Waals surface area contributed by atoms with Gasteiger partial charge in [0.1, 0.15) is 5.60 Å². The number of nitrogens with zero attached hydrogens (tertiary/aromatic N) is 2. The van der Waals surface area contributed by atoms with Gasteiger partial charge in [-0.05, 0) is 27.2 Å². The van der Waals surface area contributed by atoms with Crippen molar-refractivity contribution in [1.82, 2.24) is 15.1 Å². The van der Waals surface area contributed by atoms with Crippen molar-refractivity contribution in [2.24, 2.45) is 0 Å². The largest absolute Gasteiger partial charge is 0.481 e. The van der Waals surface area contributed by atoms with Gasteiger partial charge in [-0.1, -0.05) is 6.92 Å². The summed E-state index contributed by atoms with van der Waals surface area (Å²) in [5, 5.41) is 15.7. The van der Waals surface area contributed by atoms with E-state index in [2.05, 4.69) is 10.4 Å². The molecule has 1 amide bonds. The summed E-state index contributed by atoms with van der Waals surface area (Å²) in [5.74, 6) is -1.00. The summed E-state index contributed by atoms with van der Waals surface area (Å²) >= 11 is 0. The normalized spacial score (nSPS) is 12.8. The molecule has 0 spiro atoms. The third-order valence-electron chi connectivity index (χ3n) is 2.58. The molecular weight excluding hydrogens is 274 g/mol. The van der Waals surface area contributed by atoms with Crippen LogP contribution in [0.25, 0.3) is 0 Å². The van der Waals surface area contributed by atoms with Crippen LogP contribution in [0.4, 0.5) is 4.79 Å². The molecule has 0 unspecified atom stereocenters. The Morgan fingerprint density at radius 2 is 2.14 bits per heavy atom. The van der Waals surface area contributed by atoms with E-state index in [-0.39, 0.29) is 6.42 Å². The second kappa shape index (κ2) is 7.10. The molecule has 1 atom stereocenters. The first-order valence-electron chi connectivity index (χ1n) is 6.95. The van der Waals surface area contributed by atoms with Gasteiger partial charge in [0.05, 0.1) is 18.7 Å². The van der Waals surface area contributed by atoms with Crippen LogP contribution in [0.2, 0.25) is 0 Å². The molecule has 0 aliphatic rings. The number of aromatic nitrogens is 2. The summed E-state index contributed by atoms with van der Waals surface area (Å²) in [6.45, 7) is 8.01. The molecule has 2 N–H and O–H groups in total. The van der Waals surface area contributed by atoms with Crippen LogP contribution >= 0.6 is 0 Å². The monoisotopic (exact) mass is 297 g/mol. The van der Waals surface area contributed by atoms with Gasteiger partial charge in [0, 0.05) is 18.3 Å². The van der Waals surface area contributed by atoms with Crippen LogP contribution in [0, 0.1) is 0 Å². The standard InChI is InChI=1S/C14H23N3O4/c1-5-6-17-9-10(8-15-17)11(7-12(18)19)16-13(20)21-14(2,3)4/h8-9,11H,5-7H2,1-4H3,(H,16,20)(H,18,19)/t11-/m1/s1. The van der Waals surface area contributed by atoms with Gasteiger partial charge in [-0.15, -0.1) is 0 Å². The lowest BCUT2D eigenvalue weighted by atomic mass is 10.1. The van der Waals surface area contributed by atoms with Crippen molar-refractivity contribution in [3.8, 4) is 0 Å². The number of aryl methyl sites for hydroxylation is 1. The summed E-state index contributed by atoms with van der Waals surface area (Å²) in [7, 11) is 0. The second-order valence-electron chi connectivity index (χ2n) is 5.83. The molecule has 1 rings (SSSR count). The van der Waals surface area contributed by atoms with Crippen LogP contribution in [0.15, 0.2) is 12.4 Å². The number of nitrogens with one attached hydrogen (secondary N) is 1. The van der Waals surface area contributed by atoms with Crippen LogP contribution in [0.3, 0.4) is 0 Å². The van der Waals surface area contributed by atoms with Crippen LogP contribution in [-0.4, -0.2) is 32.6 Å². The zero-order valence-electron chi connectivity index (χ0n) is 12.9. The Hall–Kier alpha value is -2.05. The van der Waals surface area contributed by atoms with Crippen molar-refractivity contribution >= 4 is 12.1 Å². The van der Waals surface area contributed by atoms with Crippen LogP contribution < -0.4 is 5.32 Å². The molecule has 118 valence electrons. The van der Waals surface area contributed by atoms with Crippen molar-refractivity contribution in [3.05, 3.63) is 18.0 Å². The molecule has 0 fully saturated rings. The van der Waals surface area contributed by atoms with E-state index in [9.17, 15) is 9.59 Å². The number of carbonyl (C=O) groups is 2. The third kappa shape index (κ3) is 6.29. The van der Waals surface area contributed by atoms with Crippen molar-refractivity contribution < 1.29 is 19.4 Å². The average molecular weight is 297 g/mol. The van der Waals surface area contributed by atoms with E-state index in [4.69, 9.17) is 9.84 Å². The Balaban J connectivity index is 2.79. The lowest BCUT2D eigenvalue weighted by molar-refractivity contribution is -0.137. The van der Waals surface area contributed by atoms with E-state index in [0.29, 0.717) is 5.56 Å². The van der Waals surface area contributed by atoms with E-state index in [1.165, 1.54) is 0 Å². The molecule has 0 aliphatic heterocycles. The molecule has 0 saturated heterocycles. The number of hydrogen-bond donors (Lipinski definition) is 2. The summed E-state index contributed by atoms with van der Waals surface area (Å²) < 4.78 is 6.88. The second-order valence-corrected chi connectivity index (χ2v) is 5.83. The predicted octanol–water partition coefficient (Wildman–Crippen LogP) is 2.33. The minimum atomic E-state index is -1.00. The van der Waals surface area contributed by atoms with E-state index in [0.717, 1.165) is 13.0 Å². The first-order valence-corrected chi connectivity index (χ1v) is 6.95. The molecule has 0 radical (unpaired) electrons. The summed E-state index contributed by atoms with van der Waals surface area (Å²) in [6.07, 6.45) is 3.37.